The number of nitrogens with two attached hydrogens (primary N) is 1. The minimum absolute atomic E-state index is 0.252. The Morgan fingerprint density at radius 1 is 1.44 bits per heavy atom. The standard InChI is InChI=1S/C10H13N5O2S/c1-2-16-9-12-8(15-11)13-10(14-9)18-6-7-4-3-5-17-7/h3-5H,2,6,11H2,1H3,(H,12,13,14,15). The van der Waals surface area contributed by atoms with Gasteiger partial charge in [0, 0.05) is 0 Å². The zero-order chi connectivity index (χ0) is 12.8. The van der Waals surface area contributed by atoms with Gasteiger partial charge in [-0.15, -0.1) is 0 Å². The van der Waals surface area contributed by atoms with Crippen molar-refractivity contribution in [2.45, 2.75) is 17.8 Å². The first kappa shape index (κ1) is 12.7. The van der Waals surface area contributed by atoms with Gasteiger partial charge in [-0.2, -0.15) is 15.0 Å². The van der Waals surface area contributed by atoms with Gasteiger partial charge in [-0.25, -0.2) is 5.84 Å². The van der Waals surface area contributed by atoms with Gasteiger partial charge in [0.1, 0.15) is 5.76 Å². The van der Waals surface area contributed by atoms with Gasteiger partial charge in [0.15, 0.2) is 5.16 Å². The zero-order valence-corrected chi connectivity index (χ0v) is 10.6. The molecule has 0 unspecified atom stereocenters. The van der Waals surface area contributed by atoms with Gasteiger partial charge >= 0.3 is 6.01 Å². The molecule has 2 heterocycles. The fraction of sp³-hybridized carbons (Fsp3) is 0.300. The van der Waals surface area contributed by atoms with Crippen molar-refractivity contribution in [3.63, 3.8) is 0 Å². The van der Waals surface area contributed by atoms with Crippen LogP contribution in [0.15, 0.2) is 28.0 Å². The van der Waals surface area contributed by atoms with Crippen LogP contribution in [0.2, 0.25) is 0 Å². The smallest absolute Gasteiger partial charge is 0.322 e. The Bertz CT molecular complexity index is 491. The largest absolute Gasteiger partial charge is 0.468 e. The number of thioether (sulfide) groups is 1. The van der Waals surface area contributed by atoms with E-state index in [0.29, 0.717) is 17.5 Å². The molecular weight excluding hydrogens is 254 g/mol. The molecule has 0 aliphatic carbocycles. The number of furan rings is 1. The molecule has 2 rings (SSSR count). The number of hydrazine groups is 1. The molecule has 0 atom stereocenters. The summed E-state index contributed by atoms with van der Waals surface area (Å²) in [5, 5.41) is 0.526. The fourth-order valence-electron chi connectivity index (χ4n) is 1.19. The molecule has 96 valence electrons. The number of nitrogens with zero attached hydrogens (tertiary/aromatic N) is 3. The average molecular weight is 267 g/mol. The van der Waals surface area contributed by atoms with E-state index in [2.05, 4.69) is 20.4 Å². The Hall–Kier alpha value is -1.80. The molecule has 0 saturated carbocycles. The Morgan fingerprint density at radius 3 is 3.00 bits per heavy atom. The van der Waals surface area contributed by atoms with Crippen molar-refractivity contribution >= 4 is 17.7 Å². The van der Waals surface area contributed by atoms with Crippen LogP contribution in [0.5, 0.6) is 6.01 Å². The van der Waals surface area contributed by atoms with Crippen molar-refractivity contribution in [3.05, 3.63) is 24.2 Å². The maximum absolute atomic E-state index is 5.29. The number of rotatable bonds is 6. The predicted molar refractivity (Wildman–Crippen MR) is 67.1 cm³/mol. The lowest BCUT2D eigenvalue weighted by Gasteiger charge is -2.05. The summed E-state index contributed by atoms with van der Waals surface area (Å²) in [6.45, 7) is 2.34. The van der Waals surface area contributed by atoms with Crippen LogP contribution in [0.1, 0.15) is 12.7 Å². The molecule has 0 fully saturated rings. The number of aromatic nitrogens is 3. The van der Waals surface area contributed by atoms with Crippen molar-refractivity contribution in [2.75, 3.05) is 12.0 Å². The number of anilines is 1. The first-order valence-corrected chi connectivity index (χ1v) is 6.31. The van der Waals surface area contributed by atoms with Crippen LogP contribution in [0.4, 0.5) is 5.95 Å². The summed E-state index contributed by atoms with van der Waals surface area (Å²) < 4.78 is 10.5. The first-order chi connectivity index (χ1) is 8.81. The maximum atomic E-state index is 5.29. The quantitative estimate of drug-likeness (QED) is 0.461. The van der Waals surface area contributed by atoms with Crippen molar-refractivity contribution in [2.24, 2.45) is 5.84 Å². The van der Waals surface area contributed by atoms with E-state index in [9.17, 15) is 0 Å². The minimum Gasteiger partial charge on any atom is -0.468 e. The van der Waals surface area contributed by atoms with E-state index in [1.165, 1.54) is 11.8 Å². The molecule has 0 aromatic carbocycles. The third kappa shape index (κ3) is 3.34. The number of nitrogen functional groups attached to an aromatic ring is 1. The predicted octanol–water partition coefficient (Wildman–Crippen LogP) is 1.44. The SMILES string of the molecule is CCOc1nc(NN)nc(SCc2ccco2)n1. The highest BCUT2D eigenvalue weighted by molar-refractivity contribution is 7.98. The lowest BCUT2D eigenvalue weighted by molar-refractivity contribution is 0.308. The molecule has 3 N–H and O–H groups in total. The van der Waals surface area contributed by atoms with Gasteiger partial charge in [-0.3, -0.25) is 5.43 Å². The highest BCUT2D eigenvalue weighted by Gasteiger charge is 2.08. The van der Waals surface area contributed by atoms with E-state index >= 15 is 0 Å². The van der Waals surface area contributed by atoms with Gasteiger partial charge in [-0.1, -0.05) is 11.8 Å². The highest BCUT2D eigenvalue weighted by atomic mass is 32.2. The van der Waals surface area contributed by atoms with Crippen LogP contribution in [0.3, 0.4) is 0 Å². The van der Waals surface area contributed by atoms with Gasteiger partial charge in [0.05, 0.1) is 18.6 Å². The number of hydrogen-bond donors (Lipinski definition) is 2. The van der Waals surface area contributed by atoms with Crippen LogP contribution in [0.25, 0.3) is 0 Å². The minimum atomic E-state index is 0.252. The zero-order valence-electron chi connectivity index (χ0n) is 9.79. The van der Waals surface area contributed by atoms with Gasteiger partial charge in [-0.05, 0) is 19.1 Å². The molecule has 0 bridgehead atoms. The molecule has 0 saturated heterocycles. The summed E-state index contributed by atoms with van der Waals surface area (Å²) in [6, 6.07) is 3.98. The summed E-state index contributed by atoms with van der Waals surface area (Å²) >= 11 is 1.42. The number of hydrogen-bond acceptors (Lipinski definition) is 8. The average Bonchev–Trinajstić information content (AvgIpc) is 2.89. The second-order valence-corrected chi connectivity index (χ2v) is 4.11. The van der Waals surface area contributed by atoms with Crippen molar-refractivity contribution < 1.29 is 9.15 Å². The molecule has 0 amide bonds. The van der Waals surface area contributed by atoms with Crippen molar-refractivity contribution in [1.82, 2.24) is 15.0 Å². The van der Waals surface area contributed by atoms with Crippen LogP contribution >= 0.6 is 11.8 Å². The Balaban J connectivity index is 2.08. The first-order valence-electron chi connectivity index (χ1n) is 5.32. The molecule has 0 radical (unpaired) electrons. The molecule has 0 spiro atoms. The summed E-state index contributed by atoms with van der Waals surface area (Å²) in [5.74, 6) is 7.04. The van der Waals surface area contributed by atoms with Crippen LogP contribution in [0, 0.1) is 0 Å². The van der Waals surface area contributed by atoms with Crippen molar-refractivity contribution in [1.29, 1.82) is 0 Å². The molecular formula is C10H13N5O2S. The third-order valence-electron chi connectivity index (χ3n) is 1.92. The van der Waals surface area contributed by atoms with E-state index in [1.54, 1.807) is 6.26 Å². The lowest BCUT2D eigenvalue weighted by atomic mass is 10.5. The second kappa shape index (κ2) is 6.22. The number of nitrogens with one attached hydrogen (secondary N) is 1. The van der Waals surface area contributed by atoms with Gasteiger partial charge in [0.2, 0.25) is 5.95 Å². The molecule has 2 aromatic rings. The molecule has 0 aliphatic heterocycles. The van der Waals surface area contributed by atoms with E-state index in [1.807, 2.05) is 19.1 Å². The lowest BCUT2D eigenvalue weighted by Crippen LogP contribution is -2.12. The van der Waals surface area contributed by atoms with Crippen LogP contribution in [-0.4, -0.2) is 21.6 Å². The van der Waals surface area contributed by atoms with E-state index < -0.39 is 0 Å². The van der Waals surface area contributed by atoms with Crippen LogP contribution < -0.4 is 16.0 Å². The fourth-order valence-corrected chi connectivity index (χ4v) is 1.92. The third-order valence-corrected chi connectivity index (χ3v) is 2.79. The van der Waals surface area contributed by atoms with Crippen LogP contribution in [-0.2, 0) is 5.75 Å². The molecule has 7 nitrogen and oxygen atoms in total. The molecule has 0 aliphatic rings. The number of ether oxygens (including phenoxy) is 1. The second-order valence-electron chi connectivity index (χ2n) is 3.17. The maximum Gasteiger partial charge on any atom is 0.322 e. The van der Waals surface area contributed by atoms with E-state index in [0.717, 1.165) is 5.76 Å². The summed E-state index contributed by atoms with van der Waals surface area (Å²) in [4.78, 5) is 12.2. The summed E-state index contributed by atoms with van der Waals surface area (Å²) in [7, 11) is 0. The van der Waals surface area contributed by atoms with Gasteiger partial charge < -0.3 is 9.15 Å². The van der Waals surface area contributed by atoms with E-state index in [4.69, 9.17) is 15.0 Å². The normalized spacial score (nSPS) is 10.3. The Kier molecular flexibility index (Phi) is 4.37. The Labute approximate surface area is 108 Å². The molecule has 2 aromatic heterocycles. The Morgan fingerprint density at radius 2 is 2.33 bits per heavy atom. The molecule has 8 heteroatoms. The highest BCUT2D eigenvalue weighted by Crippen LogP contribution is 2.21. The van der Waals surface area contributed by atoms with E-state index in [-0.39, 0.29) is 12.0 Å². The summed E-state index contributed by atoms with van der Waals surface area (Å²) in [5.41, 5.74) is 2.38. The monoisotopic (exact) mass is 267 g/mol. The molecule has 18 heavy (non-hydrogen) atoms. The topological polar surface area (TPSA) is 99.1 Å². The summed E-state index contributed by atoms with van der Waals surface area (Å²) in [6.07, 6.45) is 1.63. The van der Waals surface area contributed by atoms with Gasteiger partial charge in [0.25, 0.3) is 0 Å². The van der Waals surface area contributed by atoms with Crippen molar-refractivity contribution in [3.8, 4) is 6.01 Å².